The second kappa shape index (κ2) is 6.87. The first-order chi connectivity index (χ1) is 9.08. The molecule has 19 heavy (non-hydrogen) atoms. The monoisotopic (exact) mass is 357 g/mol. The van der Waals surface area contributed by atoms with Crippen LogP contribution in [0.4, 0.5) is 0 Å². The molecule has 1 aromatic carbocycles. The first-order valence-corrected chi connectivity index (χ1v) is 8.46. The van der Waals surface area contributed by atoms with Gasteiger partial charge in [0, 0.05) is 21.7 Å². The standard InChI is InChI=1S/C15H17BrClNS/c1-10-11(2)19-15(18-10)8-13(9-17)7-12-3-5-14(16)6-4-12/h3-6,13H,7-9H2,1-2H3. The van der Waals surface area contributed by atoms with Crippen molar-refractivity contribution in [3.63, 3.8) is 0 Å². The second-order valence-electron chi connectivity index (χ2n) is 4.80. The molecular formula is C15H17BrClNS. The molecule has 0 amide bonds. The summed E-state index contributed by atoms with van der Waals surface area (Å²) in [7, 11) is 0. The van der Waals surface area contributed by atoms with E-state index in [-0.39, 0.29) is 0 Å². The van der Waals surface area contributed by atoms with Gasteiger partial charge in [-0.05, 0) is 43.9 Å². The zero-order valence-corrected chi connectivity index (χ0v) is 14.3. The molecule has 2 aromatic rings. The average Bonchev–Trinajstić information content (AvgIpc) is 2.70. The maximum Gasteiger partial charge on any atom is 0.0934 e. The fourth-order valence-corrected chi connectivity index (χ4v) is 3.54. The third kappa shape index (κ3) is 4.30. The van der Waals surface area contributed by atoms with E-state index in [1.54, 1.807) is 11.3 Å². The molecule has 0 bridgehead atoms. The van der Waals surface area contributed by atoms with Gasteiger partial charge in [0.2, 0.25) is 0 Å². The Bertz CT molecular complexity index is 516. The highest BCUT2D eigenvalue weighted by Gasteiger charge is 2.13. The number of aryl methyl sites for hydroxylation is 2. The number of aromatic nitrogens is 1. The van der Waals surface area contributed by atoms with Crippen LogP contribution in [0.1, 0.15) is 21.1 Å². The van der Waals surface area contributed by atoms with Crippen LogP contribution in [-0.4, -0.2) is 10.9 Å². The lowest BCUT2D eigenvalue weighted by molar-refractivity contribution is 0.581. The molecule has 0 N–H and O–H groups in total. The van der Waals surface area contributed by atoms with Crippen molar-refractivity contribution in [3.8, 4) is 0 Å². The van der Waals surface area contributed by atoms with Crippen molar-refractivity contribution >= 4 is 38.9 Å². The van der Waals surface area contributed by atoms with Gasteiger partial charge in [-0.2, -0.15) is 0 Å². The summed E-state index contributed by atoms with van der Waals surface area (Å²) in [4.78, 5) is 5.92. The maximum atomic E-state index is 6.11. The van der Waals surface area contributed by atoms with Crippen molar-refractivity contribution in [1.82, 2.24) is 4.98 Å². The molecular weight excluding hydrogens is 342 g/mol. The molecule has 1 heterocycles. The maximum absolute atomic E-state index is 6.11. The van der Waals surface area contributed by atoms with E-state index in [1.807, 2.05) is 0 Å². The minimum atomic E-state index is 0.452. The predicted octanol–water partition coefficient (Wildman–Crippen LogP) is 5.16. The van der Waals surface area contributed by atoms with Gasteiger partial charge in [0.15, 0.2) is 0 Å². The topological polar surface area (TPSA) is 12.9 Å². The summed E-state index contributed by atoms with van der Waals surface area (Å²) < 4.78 is 1.12. The number of halogens is 2. The number of nitrogens with zero attached hydrogens (tertiary/aromatic N) is 1. The summed E-state index contributed by atoms with van der Waals surface area (Å²) in [6.45, 7) is 4.20. The molecule has 0 saturated heterocycles. The Labute approximate surface area is 132 Å². The molecule has 1 atom stereocenters. The number of benzene rings is 1. The fraction of sp³-hybridized carbons (Fsp3) is 0.400. The van der Waals surface area contributed by atoms with Gasteiger partial charge >= 0.3 is 0 Å². The van der Waals surface area contributed by atoms with E-state index in [0.717, 1.165) is 23.0 Å². The molecule has 0 fully saturated rings. The zero-order chi connectivity index (χ0) is 13.8. The molecule has 1 aromatic heterocycles. The Kier molecular flexibility index (Phi) is 5.43. The van der Waals surface area contributed by atoms with Crippen molar-refractivity contribution < 1.29 is 0 Å². The molecule has 1 unspecified atom stereocenters. The van der Waals surface area contributed by atoms with Gasteiger partial charge in [-0.15, -0.1) is 22.9 Å². The van der Waals surface area contributed by atoms with E-state index >= 15 is 0 Å². The van der Waals surface area contributed by atoms with Crippen LogP contribution in [0, 0.1) is 19.8 Å². The summed E-state index contributed by atoms with van der Waals surface area (Å²) in [5.41, 5.74) is 2.48. The quantitative estimate of drug-likeness (QED) is 0.672. The third-order valence-corrected chi connectivity index (χ3v) is 5.25. The zero-order valence-electron chi connectivity index (χ0n) is 11.1. The Morgan fingerprint density at radius 2 is 1.89 bits per heavy atom. The van der Waals surface area contributed by atoms with E-state index < -0.39 is 0 Å². The summed E-state index contributed by atoms with van der Waals surface area (Å²) in [6.07, 6.45) is 1.98. The predicted molar refractivity (Wildman–Crippen MR) is 87.3 cm³/mol. The summed E-state index contributed by atoms with van der Waals surface area (Å²) in [5, 5.41) is 1.21. The average molecular weight is 359 g/mol. The molecule has 0 aliphatic carbocycles. The fourth-order valence-electron chi connectivity index (χ4n) is 2.01. The number of thiazole rings is 1. The second-order valence-corrected chi connectivity index (χ2v) is 7.32. The van der Waals surface area contributed by atoms with Crippen LogP contribution in [-0.2, 0) is 12.8 Å². The number of alkyl halides is 1. The minimum Gasteiger partial charge on any atom is -0.246 e. The summed E-state index contributed by atoms with van der Waals surface area (Å²) in [6, 6.07) is 8.47. The van der Waals surface area contributed by atoms with E-state index in [4.69, 9.17) is 11.6 Å². The van der Waals surface area contributed by atoms with E-state index in [2.05, 4.69) is 59.0 Å². The van der Waals surface area contributed by atoms with Gasteiger partial charge < -0.3 is 0 Å². The third-order valence-electron chi connectivity index (χ3n) is 3.19. The lowest BCUT2D eigenvalue weighted by atomic mass is 9.98. The Morgan fingerprint density at radius 3 is 2.42 bits per heavy atom. The molecule has 1 nitrogen and oxygen atoms in total. The first kappa shape index (κ1) is 15.0. The van der Waals surface area contributed by atoms with Crippen LogP contribution in [0.5, 0.6) is 0 Å². The Hall–Kier alpha value is -0.380. The summed E-state index contributed by atoms with van der Waals surface area (Å²) >= 11 is 11.4. The number of rotatable bonds is 5. The van der Waals surface area contributed by atoms with Crippen LogP contribution in [0.25, 0.3) is 0 Å². The Balaban J connectivity index is 2.02. The smallest absolute Gasteiger partial charge is 0.0934 e. The van der Waals surface area contributed by atoms with Crippen molar-refractivity contribution in [1.29, 1.82) is 0 Å². The van der Waals surface area contributed by atoms with Crippen molar-refractivity contribution in [3.05, 3.63) is 49.9 Å². The SMILES string of the molecule is Cc1nc(CC(CCl)Cc2ccc(Br)cc2)sc1C. The number of hydrogen-bond donors (Lipinski definition) is 0. The molecule has 0 aliphatic rings. The molecule has 102 valence electrons. The molecule has 0 aliphatic heterocycles. The molecule has 2 rings (SSSR count). The molecule has 4 heteroatoms. The van der Waals surface area contributed by atoms with Gasteiger partial charge in [-0.25, -0.2) is 4.98 Å². The van der Waals surface area contributed by atoms with Crippen LogP contribution >= 0.6 is 38.9 Å². The lowest BCUT2D eigenvalue weighted by Gasteiger charge is -2.12. The van der Waals surface area contributed by atoms with E-state index in [9.17, 15) is 0 Å². The van der Waals surface area contributed by atoms with Gasteiger partial charge in [-0.3, -0.25) is 0 Å². The van der Waals surface area contributed by atoms with Crippen molar-refractivity contribution in [2.75, 3.05) is 5.88 Å². The van der Waals surface area contributed by atoms with Gasteiger partial charge in [-0.1, -0.05) is 28.1 Å². The van der Waals surface area contributed by atoms with Crippen molar-refractivity contribution in [2.45, 2.75) is 26.7 Å². The van der Waals surface area contributed by atoms with Gasteiger partial charge in [0.05, 0.1) is 10.7 Å². The van der Waals surface area contributed by atoms with Gasteiger partial charge in [0.1, 0.15) is 0 Å². The minimum absolute atomic E-state index is 0.452. The highest BCUT2D eigenvalue weighted by molar-refractivity contribution is 9.10. The van der Waals surface area contributed by atoms with Crippen LogP contribution in [0.15, 0.2) is 28.7 Å². The first-order valence-electron chi connectivity index (χ1n) is 6.31. The summed E-state index contributed by atoms with van der Waals surface area (Å²) in [5.74, 6) is 1.13. The van der Waals surface area contributed by atoms with Crippen LogP contribution < -0.4 is 0 Å². The normalized spacial score (nSPS) is 12.6. The molecule has 0 saturated carbocycles. The highest BCUT2D eigenvalue weighted by Crippen LogP contribution is 2.22. The number of hydrogen-bond acceptors (Lipinski definition) is 2. The van der Waals surface area contributed by atoms with Gasteiger partial charge in [0.25, 0.3) is 0 Å². The highest BCUT2D eigenvalue weighted by atomic mass is 79.9. The molecule has 0 radical (unpaired) electrons. The van der Waals surface area contributed by atoms with Crippen LogP contribution in [0.3, 0.4) is 0 Å². The van der Waals surface area contributed by atoms with E-state index in [0.29, 0.717) is 11.8 Å². The van der Waals surface area contributed by atoms with E-state index in [1.165, 1.54) is 15.4 Å². The van der Waals surface area contributed by atoms with Crippen molar-refractivity contribution in [2.24, 2.45) is 5.92 Å². The van der Waals surface area contributed by atoms with Crippen LogP contribution in [0.2, 0.25) is 0 Å². The largest absolute Gasteiger partial charge is 0.246 e. The molecule has 0 spiro atoms. The Morgan fingerprint density at radius 1 is 1.21 bits per heavy atom. The lowest BCUT2D eigenvalue weighted by Crippen LogP contribution is -2.10.